The average Bonchev–Trinajstić information content (AvgIpc) is 3.72. The van der Waals surface area contributed by atoms with E-state index in [1.165, 1.54) is 58.8 Å². The SMILES string of the molecule is C1=CC(C2=NC(c3cccc(C4=CCCC=C4)c3)[N-]C(c3ccccc3)N2)CC(n2c3ccccc3c3cc4sc5ccccc5c4cc32)=C1. The lowest BCUT2D eigenvalue weighted by atomic mass is 9.94. The van der Waals surface area contributed by atoms with E-state index >= 15 is 0 Å². The number of rotatable bonds is 5. The van der Waals surface area contributed by atoms with Gasteiger partial charge in [-0.1, -0.05) is 121 Å². The van der Waals surface area contributed by atoms with Crippen LogP contribution in [0.1, 0.15) is 48.3 Å². The lowest BCUT2D eigenvalue weighted by Crippen LogP contribution is -2.38. The number of hydrogen-bond acceptors (Lipinski definition) is 3. The predicted octanol–water partition coefficient (Wildman–Crippen LogP) is 12.1. The summed E-state index contributed by atoms with van der Waals surface area (Å²) >= 11 is 1.88. The molecule has 0 saturated carbocycles. The van der Waals surface area contributed by atoms with Gasteiger partial charge in [0.2, 0.25) is 0 Å². The molecule has 50 heavy (non-hydrogen) atoms. The number of thiophene rings is 1. The smallest absolute Gasteiger partial charge is 0.101 e. The highest BCUT2D eigenvalue weighted by Gasteiger charge is 2.26. The predicted molar refractivity (Wildman–Crippen MR) is 212 cm³/mol. The van der Waals surface area contributed by atoms with Crippen LogP contribution in [0.2, 0.25) is 0 Å². The number of aliphatic imine (C=N–C) groups is 1. The van der Waals surface area contributed by atoms with Gasteiger partial charge in [0.05, 0.1) is 11.0 Å². The minimum Gasteiger partial charge on any atom is -0.613 e. The van der Waals surface area contributed by atoms with Gasteiger partial charge in [-0.25, -0.2) is 0 Å². The van der Waals surface area contributed by atoms with E-state index in [0.29, 0.717) is 0 Å². The van der Waals surface area contributed by atoms with E-state index in [-0.39, 0.29) is 18.2 Å². The van der Waals surface area contributed by atoms with Gasteiger partial charge in [-0.2, -0.15) is 0 Å². The van der Waals surface area contributed by atoms with Crippen LogP contribution in [0.5, 0.6) is 0 Å². The first-order chi connectivity index (χ1) is 24.8. The van der Waals surface area contributed by atoms with Crippen LogP contribution in [-0.4, -0.2) is 10.4 Å². The number of allylic oxidation sites excluding steroid dienone is 7. The number of nitrogens with zero attached hydrogens (tertiary/aromatic N) is 3. The summed E-state index contributed by atoms with van der Waals surface area (Å²) in [4.78, 5) is 5.36. The van der Waals surface area contributed by atoms with Crippen molar-refractivity contribution in [2.24, 2.45) is 10.9 Å². The molecule has 0 radical (unpaired) electrons. The Kier molecular flexibility index (Phi) is 7.14. The van der Waals surface area contributed by atoms with E-state index in [4.69, 9.17) is 10.3 Å². The first-order valence-corrected chi connectivity index (χ1v) is 18.4. The molecule has 3 heterocycles. The number of hydrogen-bond donors (Lipinski definition) is 1. The Morgan fingerprint density at radius 1 is 0.720 bits per heavy atom. The third-order valence-electron chi connectivity index (χ3n) is 10.3. The Bertz CT molecular complexity index is 2600. The number of amidine groups is 1. The molecule has 4 nitrogen and oxygen atoms in total. The zero-order chi connectivity index (χ0) is 33.0. The fourth-order valence-corrected chi connectivity index (χ4v) is 9.03. The third kappa shape index (κ3) is 5.04. The molecule has 5 heteroatoms. The zero-order valence-electron chi connectivity index (χ0n) is 27.5. The molecule has 3 aliphatic rings. The number of nitrogens with one attached hydrogen (secondary N) is 1. The van der Waals surface area contributed by atoms with Gasteiger partial charge in [-0.15, -0.1) is 11.3 Å². The van der Waals surface area contributed by atoms with Gasteiger partial charge in [-0.05, 0) is 77.8 Å². The van der Waals surface area contributed by atoms with Crippen LogP contribution in [0, 0.1) is 5.92 Å². The van der Waals surface area contributed by atoms with Crippen molar-refractivity contribution in [3.8, 4) is 0 Å². The molecule has 0 amide bonds. The second-order valence-corrected chi connectivity index (χ2v) is 14.5. The van der Waals surface area contributed by atoms with Crippen LogP contribution >= 0.6 is 11.3 Å². The van der Waals surface area contributed by atoms with E-state index in [9.17, 15) is 0 Å². The maximum Gasteiger partial charge on any atom is 0.101 e. The van der Waals surface area contributed by atoms with Crippen molar-refractivity contribution in [3.63, 3.8) is 0 Å². The summed E-state index contributed by atoms with van der Waals surface area (Å²) in [5, 5.41) is 14.3. The molecule has 2 aliphatic carbocycles. The van der Waals surface area contributed by atoms with Gasteiger partial charge in [0.1, 0.15) is 5.84 Å². The van der Waals surface area contributed by atoms with Crippen molar-refractivity contribution in [2.75, 3.05) is 0 Å². The highest BCUT2D eigenvalue weighted by Crippen LogP contribution is 2.43. The van der Waals surface area contributed by atoms with Gasteiger partial charge in [0.25, 0.3) is 0 Å². The first kappa shape index (κ1) is 29.4. The molecule has 0 spiro atoms. The Hall–Kier alpha value is -5.49. The average molecular weight is 664 g/mol. The van der Waals surface area contributed by atoms with Crippen LogP contribution in [0.25, 0.3) is 58.6 Å². The first-order valence-electron chi connectivity index (χ1n) is 17.6. The Morgan fingerprint density at radius 3 is 2.46 bits per heavy atom. The second-order valence-electron chi connectivity index (χ2n) is 13.4. The van der Waals surface area contributed by atoms with Crippen LogP contribution in [-0.2, 0) is 0 Å². The molecule has 0 fully saturated rings. The maximum atomic E-state index is 5.36. The molecule has 10 rings (SSSR count). The van der Waals surface area contributed by atoms with Gasteiger partial charge in [0, 0.05) is 49.0 Å². The van der Waals surface area contributed by atoms with E-state index in [1.54, 1.807) is 0 Å². The summed E-state index contributed by atoms with van der Waals surface area (Å²) in [7, 11) is 0. The van der Waals surface area contributed by atoms with Crippen LogP contribution in [0.3, 0.4) is 0 Å². The third-order valence-corrected chi connectivity index (χ3v) is 11.5. The Labute approximate surface area is 295 Å². The molecular formula is C45H35N4S-. The summed E-state index contributed by atoms with van der Waals surface area (Å²) in [6.07, 6.45) is 16.2. The van der Waals surface area contributed by atoms with Crippen LogP contribution < -0.4 is 5.32 Å². The topological polar surface area (TPSA) is 43.4 Å². The standard InChI is InChI=1S/C45H35N4S/c1-3-13-29(14-4-1)31-17-11-18-32(25-31)44-46-43(30-15-5-2-6-16-30)47-45(48-44)33-19-12-20-34(26-33)49-39-23-9-7-21-35(39)37-28-42-38(27-40(37)49)36-22-8-10-24-41(36)50-42/h2-3,5-25,27-28,33,43-44H,1,4,26H2,(H,47,48)/q-1. The van der Waals surface area contributed by atoms with Gasteiger partial charge < -0.3 is 15.2 Å². The Morgan fingerprint density at radius 2 is 1.56 bits per heavy atom. The lowest BCUT2D eigenvalue weighted by molar-refractivity contribution is 0.601. The monoisotopic (exact) mass is 663 g/mol. The van der Waals surface area contributed by atoms with E-state index < -0.39 is 0 Å². The van der Waals surface area contributed by atoms with Crippen molar-refractivity contribution in [2.45, 2.75) is 31.6 Å². The molecule has 5 aromatic carbocycles. The van der Waals surface area contributed by atoms with Crippen molar-refractivity contribution in [3.05, 3.63) is 174 Å². The van der Waals surface area contributed by atoms with Gasteiger partial charge in [0.15, 0.2) is 0 Å². The van der Waals surface area contributed by atoms with Crippen LogP contribution in [0.15, 0.2) is 157 Å². The lowest BCUT2D eigenvalue weighted by Gasteiger charge is -2.45. The fraction of sp³-hybridized carbons (Fsp3) is 0.133. The largest absolute Gasteiger partial charge is 0.613 e. The zero-order valence-corrected chi connectivity index (χ0v) is 28.4. The molecule has 0 saturated heterocycles. The maximum absolute atomic E-state index is 5.36. The summed E-state index contributed by atoms with van der Waals surface area (Å²) < 4.78 is 5.15. The summed E-state index contributed by atoms with van der Waals surface area (Å²) in [5.74, 6) is 1.06. The minimum atomic E-state index is -0.305. The Balaban J connectivity index is 1.06. The van der Waals surface area contributed by atoms with Gasteiger partial charge in [-0.3, -0.25) is 4.99 Å². The minimum absolute atomic E-state index is 0.0771. The molecular weight excluding hydrogens is 629 g/mol. The fourth-order valence-electron chi connectivity index (χ4n) is 7.91. The van der Waals surface area contributed by atoms with E-state index in [0.717, 1.165) is 36.2 Å². The quantitative estimate of drug-likeness (QED) is 0.196. The molecule has 1 aliphatic heterocycles. The molecule has 3 atom stereocenters. The highest BCUT2D eigenvalue weighted by atomic mass is 32.1. The van der Waals surface area contributed by atoms with Crippen molar-refractivity contribution in [1.29, 1.82) is 0 Å². The number of fused-ring (bicyclic) bond motifs is 6. The van der Waals surface area contributed by atoms with Gasteiger partial charge >= 0.3 is 0 Å². The highest BCUT2D eigenvalue weighted by molar-refractivity contribution is 7.25. The van der Waals surface area contributed by atoms with Crippen molar-refractivity contribution >= 4 is 70.4 Å². The molecule has 7 aromatic rings. The molecule has 242 valence electrons. The summed E-state index contributed by atoms with van der Waals surface area (Å²) in [6.45, 7) is 0. The van der Waals surface area contributed by atoms with Crippen LogP contribution in [0.4, 0.5) is 0 Å². The molecule has 3 unspecified atom stereocenters. The number of aromatic nitrogens is 1. The number of para-hydroxylation sites is 1. The second kappa shape index (κ2) is 12.1. The summed E-state index contributed by atoms with van der Waals surface area (Å²) in [5.41, 5.74) is 8.51. The van der Waals surface area contributed by atoms with E-state index in [2.05, 4.69) is 162 Å². The van der Waals surface area contributed by atoms with Crippen molar-refractivity contribution in [1.82, 2.24) is 9.88 Å². The normalized spacial score (nSPS) is 20.6. The number of benzene rings is 5. The summed E-state index contributed by atoms with van der Waals surface area (Å²) in [6, 6.07) is 41.8. The molecule has 1 N–H and O–H groups in total. The molecule has 2 aromatic heterocycles. The van der Waals surface area contributed by atoms with E-state index in [1.807, 2.05) is 11.3 Å². The molecule has 0 bridgehead atoms. The van der Waals surface area contributed by atoms with Crippen molar-refractivity contribution < 1.29 is 0 Å².